The molecule has 1 aromatic heterocycles. The van der Waals surface area contributed by atoms with Crippen molar-refractivity contribution in [1.82, 2.24) is 5.32 Å². The molecule has 26 heavy (non-hydrogen) atoms. The summed E-state index contributed by atoms with van der Waals surface area (Å²) in [5.41, 5.74) is 1.84. The van der Waals surface area contributed by atoms with Crippen molar-refractivity contribution in [3.63, 3.8) is 0 Å². The summed E-state index contributed by atoms with van der Waals surface area (Å²) in [5, 5.41) is 5.33. The van der Waals surface area contributed by atoms with Crippen LogP contribution in [-0.4, -0.2) is 11.7 Å². The highest BCUT2D eigenvalue weighted by atomic mass is 32.1. The lowest BCUT2D eigenvalue weighted by atomic mass is 9.99. The van der Waals surface area contributed by atoms with Gasteiger partial charge < -0.3 is 5.32 Å². The molecule has 0 aliphatic heterocycles. The topological polar surface area (TPSA) is 46.2 Å². The van der Waals surface area contributed by atoms with Crippen molar-refractivity contribution in [3.05, 3.63) is 69.4 Å². The highest BCUT2D eigenvalue weighted by molar-refractivity contribution is 7.12. The van der Waals surface area contributed by atoms with Gasteiger partial charge in [-0.05, 0) is 43.2 Å². The van der Waals surface area contributed by atoms with Gasteiger partial charge in [0.2, 0.25) is 5.91 Å². The van der Waals surface area contributed by atoms with Gasteiger partial charge in [0.1, 0.15) is 0 Å². The zero-order valence-corrected chi connectivity index (χ0v) is 16.2. The van der Waals surface area contributed by atoms with Crippen molar-refractivity contribution in [2.45, 2.75) is 39.7 Å². The maximum Gasteiger partial charge on any atom is 0.220 e. The Morgan fingerprint density at radius 2 is 1.77 bits per heavy atom. The zero-order valence-electron chi connectivity index (χ0n) is 15.3. The number of amides is 1. The minimum atomic E-state index is -0.103. The zero-order chi connectivity index (χ0) is 18.7. The van der Waals surface area contributed by atoms with Gasteiger partial charge in [0.05, 0.1) is 6.04 Å². The number of ketones is 1. The lowest BCUT2D eigenvalue weighted by molar-refractivity contribution is -0.121. The maximum atomic E-state index is 12.3. The first-order valence-corrected chi connectivity index (χ1v) is 9.64. The van der Waals surface area contributed by atoms with Crippen molar-refractivity contribution < 1.29 is 9.59 Å². The number of Topliss-reactive ketones (excluding diaryl/α,β-unsaturated/α-hetero) is 1. The van der Waals surface area contributed by atoms with Crippen LogP contribution < -0.4 is 5.32 Å². The first-order chi connectivity index (χ1) is 12.5. The van der Waals surface area contributed by atoms with Crippen LogP contribution >= 0.6 is 11.3 Å². The molecule has 1 heterocycles. The molecule has 0 saturated carbocycles. The fourth-order valence-electron chi connectivity index (χ4n) is 3.29. The molecule has 1 amide bonds. The number of rotatable bonds is 6. The number of thiophene rings is 1. The van der Waals surface area contributed by atoms with Gasteiger partial charge in [-0.2, -0.15) is 0 Å². The summed E-state index contributed by atoms with van der Waals surface area (Å²) in [7, 11) is 0. The Bertz CT molecular complexity index is 952. The second-order valence-corrected chi connectivity index (χ2v) is 8.07. The van der Waals surface area contributed by atoms with Crippen LogP contribution in [-0.2, 0) is 4.79 Å². The van der Waals surface area contributed by atoms with Crippen LogP contribution in [0.2, 0.25) is 0 Å². The van der Waals surface area contributed by atoms with Crippen LogP contribution in [0.1, 0.15) is 51.5 Å². The molecule has 3 aromatic rings. The van der Waals surface area contributed by atoms with E-state index in [4.69, 9.17) is 0 Å². The van der Waals surface area contributed by atoms with Crippen LogP contribution in [0, 0.1) is 13.8 Å². The molecule has 134 valence electrons. The standard InChI is InChI=1S/C22H23NO2S/c1-14-13-20(16(3)26-14)21(24)11-12-22(25)23-15(2)18-10-6-8-17-7-4-5-9-19(17)18/h4-10,13,15H,11-12H2,1-3H3,(H,23,25). The van der Waals surface area contributed by atoms with Crippen LogP contribution in [0.5, 0.6) is 0 Å². The van der Waals surface area contributed by atoms with Gasteiger partial charge in [-0.25, -0.2) is 0 Å². The van der Waals surface area contributed by atoms with Crippen LogP contribution in [0.25, 0.3) is 10.8 Å². The predicted molar refractivity (Wildman–Crippen MR) is 108 cm³/mol. The minimum Gasteiger partial charge on any atom is -0.350 e. The number of carbonyl (C=O) groups excluding carboxylic acids is 2. The fourth-order valence-corrected chi connectivity index (χ4v) is 4.23. The molecule has 0 spiro atoms. The average Bonchev–Trinajstić information content (AvgIpc) is 2.97. The van der Waals surface area contributed by atoms with E-state index < -0.39 is 0 Å². The number of fused-ring (bicyclic) bond motifs is 1. The molecule has 0 aliphatic carbocycles. The van der Waals surface area contributed by atoms with E-state index in [0.717, 1.165) is 31.7 Å². The fraction of sp³-hybridized carbons (Fsp3) is 0.273. The summed E-state index contributed by atoms with van der Waals surface area (Å²) in [6.07, 6.45) is 0.452. The summed E-state index contributed by atoms with van der Waals surface area (Å²) in [6.45, 7) is 5.93. The third-order valence-electron chi connectivity index (χ3n) is 4.59. The van der Waals surface area contributed by atoms with E-state index in [2.05, 4.69) is 23.5 Å². The van der Waals surface area contributed by atoms with Crippen molar-refractivity contribution >= 4 is 33.8 Å². The normalized spacial score (nSPS) is 12.1. The first-order valence-electron chi connectivity index (χ1n) is 8.83. The third kappa shape index (κ3) is 4.02. The number of carbonyl (C=O) groups is 2. The number of hydrogen-bond acceptors (Lipinski definition) is 3. The molecule has 2 aromatic carbocycles. The maximum absolute atomic E-state index is 12.3. The van der Waals surface area contributed by atoms with Gasteiger partial charge in [0.15, 0.2) is 5.78 Å². The van der Waals surface area contributed by atoms with E-state index in [9.17, 15) is 9.59 Å². The smallest absolute Gasteiger partial charge is 0.220 e. The van der Waals surface area contributed by atoms with E-state index in [-0.39, 0.29) is 30.6 Å². The number of nitrogens with one attached hydrogen (secondary N) is 1. The van der Waals surface area contributed by atoms with Crippen LogP contribution in [0.3, 0.4) is 0 Å². The second-order valence-electron chi connectivity index (χ2n) is 6.61. The van der Waals surface area contributed by atoms with E-state index in [1.54, 1.807) is 11.3 Å². The molecule has 4 heteroatoms. The van der Waals surface area contributed by atoms with Gasteiger partial charge >= 0.3 is 0 Å². The minimum absolute atomic E-state index is 0.0415. The van der Waals surface area contributed by atoms with Gasteiger partial charge in [-0.3, -0.25) is 9.59 Å². The molecule has 0 radical (unpaired) electrons. The summed E-state index contributed by atoms with van der Waals surface area (Å²) in [5.74, 6) is -0.0526. The molecule has 1 unspecified atom stereocenters. The van der Waals surface area contributed by atoms with E-state index in [0.29, 0.717) is 0 Å². The highest BCUT2D eigenvalue weighted by Gasteiger charge is 2.16. The molecule has 1 atom stereocenters. The number of benzene rings is 2. The van der Waals surface area contributed by atoms with Crippen molar-refractivity contribution in [2.75, 3.05) is 0 Å². The van der Waals surface area contributed by atoms with E-state index in [1.165, 1.54) is 0 Å². The molecular formula is C22H23NO2S. The van der Waals surface area contributed by atoms with E-state index in [1.807, 2.05) is 51.1 Å². The molecule has 0 bridgehead atoms. The van der Waals surface area contributed by atoms with Gasteiger partial charge in [-0.1, -0.05) is 42.5 Å². The quantitative estimate of drug-likeness (QED) is 0.598. The van der Waals surface area contributed by atoms with Crippen molar-refractivity contribution in [1.29, 1.82) is 0 Å². The molecular weight excluding hydrogens is 342 g/mol. The molecule has 0 aliphatic rings. The second kappa shape index (κ2) is 7.83. The number of hydrogen-bond donors (Lipinski definition) is 1. The van der Waals surface area contributed by atoms with Crippen LogP contribution in [0.15, 0.2) is 48.5 Å². The lowest BCUT2D eigenvalue weighted by Gasteiger charge is -2.16. The Morgan fingerprint density at radius 1 is 1.04 bits per heavy atom. The first kappa shape index (κ1) is 18.3. The summed E-state index contributed by atoms with van der Waals surface area (Å²) in [4.78, 5) is 26.8. The van der Waals surface area contributed by atoms with E-state index >= 15 is 0 Å². The van der Waals surface area contributed by atoms with Gasteiger partial charge in [0, 0.05) is 28.2 Å². The predicted octanol–water partition coefficient (Wildman–Crippen LogP) is 5.36. The lowest BCUT2D eigenvalue weighted by Crippen LogP contribution is -2.27. The molecule has 3 rings (SSSR count). The Balaban J connectivity index is 1.62. The van der Waals surface area contributed by atoms with Crippen molar-refractivity contribution in [2.24, 2.45) is 0 Å². The number of aryl methyl sites for hydroxylation is 2. The molecule has 1 N–H and O–H groups in total. The molecule has 3 nitrogen and oxygen atoms in total. The highest BCUT2D eigenvalue weighted by Crippen LogP contribution is 2.25. The van der Waals surface area contributed by atoms with Crippen molar-refractivity contribution in [3.8, 4) is 0 Å². The van der Waals surface area contributed by atoms with Gasteiger partial charge in [-0.15, -0.1) is 11.3 Å². The summed E-state index contributed by atoms with van der Waals surface area (Å²) < 4.78 is 0. The monoisotopic (exact) mass is 365 g/mol. The van der Waals surface area contributed by atoms with Crippen LogP contribution in [0.4, 0.5) is 0 Å². The summed E-state index contributed by atoms with van der Waals surface area (Å²) in [6, 6.07) is 16.1. The molecule has 0 saturated heterocycles. The Kier molecular flexibility index (Phi) is 5.52. The average molecular weight is 365 g/mol. The molecule has 0 fully saturated rings. The SMILES string of the molecule is Cc1cc(C(=O)CCC(=O)NC(C)c2cccc3ccccc23)c(C)s1. The summed E-state index contributed by atoms with van der Waals surface area (Å²) >= 11 is 1.62. The Labute approximate surface area is 158 Å². The van der Waals surface area contributed by atoms with Gasteiger partial charge in [0.25, 0.3) is 0 Å². The Hall–Kier alpha value is -2.46. The largest absolute Gasteiger partial charge is 0.350 e. The third-order valence-corrected chi connectivity index (χ3v) is 5.55. The Morgan fingerprint density at radius 3 is 2.50 bits per heavy atom.